The summed E-state index contributed by atoms with van der Waals surface area (Å²) in [6, 6.07) is 11.5. The number of hydrogen-bond acceptors (Lipinski definition) is 6. The molecule has 3 rings (SSSR count). The molecule has 28 heavy (non-hydrogen) atoms. The summed E-state index contributed by atoms with van der Waals surface area (Å²) < 4.78 is 25.6. The molecule has 0 bridgehead atoms. The molecule has 0 saturated carbocycles. The van der Waals surface area contributed by atoms with E-state index >= 15 is 0 Å². The molecule has 1 fully saturated rings. The molecule has 144 valence electrons. The second-order valence-corrected chi connectivity index (χ2v) is 8.21. The van der Waals surface area contributed by atoms with Crippen LogP contribution in [0.3, 0.4) is 0 Å². The Morgan fingerprint density at radius 3 is 2.50 bits per heavy atom. The van der Waals surface area contributed by atoms with Crippen LogP contribution < -0.4 is 9.62 Å². The summed E-state index contributed by atoms with van der Waals surface area (Å²) in [5, 5.41) is 22.5. The van der Waals surface area contributed by atoms with Crippen LogP contribution >= 0.6 is 0 Å². The lowest BCUT2D eigenvalue weighted by molar-refractivity contribution is -0.384. The van der Waals surface area contributed by atoms with Crippen molar-refractivity contribution in [2.24, 2.45) is 0 Å². The van der Waals surface area contributed by atoms with E-state index in [4.69, 9.17) is 5.26 Å². The standard InChI is InChI=1S/C18H16N4O5S/c19-12-14-11-16(22(24)25)7-8-17(14)20-18(23)13-3-5-15(6-4-13)21-9-1-2-10-28(21,26)27/h3-8,11H,1-2,9-10H2,(H,20,23). The summed E-state index contributed by atoms with van der Waals surface area (Å²) in [5.74, 6) is -0.412. The molecule has 2 aromatic carbocycles. The van der Waals surface area contributed by atoms with Gasteiger partial charge in [-0.25, -0.2) is 8.42 Å². The van der Waals surface area contributed by atoms with Gasteiger partial charge < -0.3 is 5.32 Å². The van der Waals surface area contributed by atoms with Gasteiger partial charge in [0.25, 0.3) is 11.6 Å². The molecule has 2 aromatic rings. The fraction of sp³-hybridized carbons (Fsp3) is 0.222. The number of sulfonamides is 1. The van der Waals surface area contributed by atoms with Gasteiger partial charge in [0.05, 0.1) is 27.6 Å². The minimum atomic E-state index is -3.34. The van der Waals surface area contributed by atoms with Crippen LogP contribution in [0, 0.1) is 21.4 Å². The fourth-order valence-corrected chi connectivity index (χ4v) is 4.54. The zero-order chi connectivity index (χ0) is 20.3. The summed E-state index contributed by atoms with van der Waals surface area (Å²) in [4.78, 5) is 22.6. The van der Waals surface area contributed by atoms with Crippen molar-refractivity contribution < 1.29 is 18.1 Å². The van der Waals surface area contributed by atoms with E-state index in [9.17, 15) is 23.3 Å². The molecule has 1 aliphatic heterocycles. The Labute approximate surface area is 161 Å². The highest BCUT2D eigenvalue weighted by Crippen LogP contribution is 2.25. The summed E-state index contributed by atoms with van der Waals surface area (Å²) in [5.41, 5.74) is 0.630. The predicted octanol–water partition coefficient (Wildman–Crippen LogP) is 2.65. The number of carbonyl (C=O) groups excluding carboxylic acids is 1. The van der Waals surface area contributed by atoms with Crippen molar-refractivity contribution in [2.45, 2.75) is 12.8 Å². The quantitative estimate of drug-likeness (QED) is 0.619. The maximum atomic E-state index is 12.4. The van der Waals surface area contributed by atoms with Crippen LogP contribution in [0.25, 0.3) is 0 Å². The molecular formula is C18H16N4O5S. The minimum absolute atomic E-state index is 0.0291. The monoisotopic (exact) mass is 400 g/mol. The average Bonchev–Trinajstić information content (AvgIpc) is 2.68. The second kappa shape index (κ2) is 7.66. The van der Waals surface area contributed by atoms with Crippen LogP contribution in [-0.4, -0.2) is 31.5 Å². The van der Waals surface area contributed by atoms with Gasteiger partial charge in [0.1, 0.15) is 6.07 Å². The summed E-state index contributed by atoms with van der Waals surface area (Å²) in [6.45, 7) is 0.405. The third-order valence-electron chi connectivity index (χ3n) is 4.35. The number of nitro benzene ring substituents is 1. The first-order chi connectivity index (χ1) is 13.3. The third-order valence-corrected chi connectivity index (χ3v) is 6.22. The summed E-state index contributed by atoms with van der Waals surface area (Å²) >= 11 is 0. The number of nitrogens with one attached hydrogen (secondary N) is 1. The number of nitriles is 1. The predicted molar refractivity (Wildman–Crippen MR) is 103 cm³/mol. The van der Waals surface area contributed by atoms with Gasteiger partial charge in [0, 0.05) is 24.2 Å². The average molecular weight is 400 g/mol. The first-order valence-electron chi connectivity index (χ1n) is 8.42. The number of nitrogens with zero attached hydrogens (tertiary/aromatic N) is 3. The zero-order valence-electron chi connectivity index (χ0n) is 14.7. The molecule has 0 unspecified atom stereocenters. The number of non-ortho nitro benzene ring substituents is 1. The minimum Gasteiger partial charge on any atom is -0.321 e. The van der Waals surface area contributed by atoms with Crippen molar-refractivity contribution in [2.75, 3.05) is 21.9 Å². The van der Waals surface area contributed by atoms with Crippen LogP contribution in [0.4, 0.5) is 17.1 Å². The number of hydrogen-bond donors (Lipinski definition) is 1. The molecule has 0 aromatic heterocycles. The van der Waals surface area contributed by atoms with Crippen LogP contribution in [0.2, 0.25) is 0 Å². The van der Waals surface area contributed by atoms with Gasteiger partial charge >= 0.3 is 0 Å². The van der Waals surface area contributed by atoms with Crippen molar-refractivity contribution >= 4 is 33.0 Å². The number of anilines is 2. The zero-order valence-corrected chi connectivity index (χ0v) is 15.5. The van der Waals surface area contributed by atoms with Gasteiger partial charge in [-0.05, 0) is 43.2 Å². The van der Waals surface area contributed by atoms with Crippen molar-refractivity contribution in [3.05, 3.63) is 63.7 Å². The Morgan fingerprint density at radius 2 is 1.89 bits per heavy atom. The van der Waals surface area contributed by atoms with E-state index in [1.165, 1.54) is 28.6 Å². The summed E-state index contributed by atoms with van der Waals surface area (Å²) in [6.07, 6.45) is 1.41. The van der Waals surface area contributed by atoms with Gasteiger partial charge in [-0.1, -0.05) is 0 Å². The molecule has 1 N–H and O–H groups in total. The number of carbonyl (C=O) groups is 1. The van der Waals surface area contributed by atoms with Gasteiger partial charge in [-0.2, -0.15) is 5.26 Å². The van der Waals surface area contributed by atoms with Crippen LogP contribution in [-0.2, 0) is 10.0 Å². The highest BCUT2D eigenvalue weighted by Gasteiger charge is 2.26. The van der Waals surface area contributed by atoms with Crippen LogP contribution in [0.5, 0.6) is 0 Å². The molecule has 9 nitrogen and oxygen atoms in total. The number of amides is 1. The fourth-order valence-electron chi connectivity index (χ4n) is 2.90. The van der Waals surface area contributed by atoms with Gasteiger partial charge in [0.15, 0.2) is 0 Å². The largest absolute Gasteiger partial charge is 0.321 e. The first kappa shape index (κ1) is 19.3. The molecular weight excluding hydrogens is 384 g/mol. The van der Waals surface area contributed by atoms with E-state index in [-0.39, 0.29) is 28.3 Å². The lowest BCUT2D eigenvalue weighted by Gasteiger charge is -2.28. The molecule has 1 heterocycles. The normalized spacial score (nSPS) is 15.5. The number of benzene rings is 2. The molecule has 0 spiro atoms. The lowest BCUT2D eigenvalue weighted by Crippen LogP contribution is -2.37. The Balaban J connectivity index is 1.79. The molecule has 0 atom stereocenters. The van der Waals surface area contributed by atoms with Gasteiger partial charge in [-0.3, -0.25) is 19.2 Å². The highest BCUT2D eigenvalue weighted by atomic mass is 32.2. The maximum absolute atomic E-state index is 12.4. The molecule has 0 aliphatic carbocycles. The van der Waals surface area contributed by atoms with E-state index in [1.54, 1.807) is 12.1 Å². The summed E-state index contributed by atoms with van der Waals surface area (Å²) in [7, 11) is -3.34. The molecule has 1 amide bonds. The second-order valence-electron chi connectivity index (χ2n) is 6.20. The van der Waals surface area contributed by atoms with E-state index in [1.807, 2.05) is 6.07 Å². The maximum Gasteiger partial charge on any atom is 0.270 e. The van der Waals surface area contributed by atoms with Crippen LogP contribution in [0.1, 0.15) is 28.8 Å². The highest BCUT2D eigenvalue weighted by molar-refractivity contribution is 7.92. The third kappa shape index (κ3) is 3.94. The van der Waals surface area contributed by atoms with Crippen molar-refractivity contribution in [3.63, 3.8) is 0 Å². The van der Waals surface area contributed by atoms with Crippen molar-refractivity contribution in [1.29, 1.82) is 5.26 Å². The molecule has 1 saturated heterocycles. The SMILES string of the molecule is N#Cc1cc([N+](=O)[O-])ccc1NC(=O)c1ccc(N2CCCCS2(=O)=O)cc1. The van der Waals surface area contributed by atoms with E-state index in [0.717, 1.165) is 12.5 Å². The Hall–Kier alpha value is -3.45. The molecule has 0 radical (unpaired) electrons. The Bertz CT molecular complexity index is 1070. The first-order valence-corrected chi connectivity index (χ1v) is 10.0. The van der Waals surface area contributed by atoms with E-state index in [2.05, 4.69) is 5.32 Å². The van der Waals surface area contributed by atoms with Crippen molar-refractivity contribution in [3.8, 4) is 6.07 Å². The van der Waals surface area contributed by atoms with Gasteiger partial charge in [-0.15, -0.1) is 0 Å². The van der Waals surface area contributed by atoms with E-state index in [0.29, 0.717) is 18.7 Å². The Morgan fingerprint density at radius 1 is 1.18 bits per heavy atom. The number of rotatable bonds is 4. The smallest absolute Gasteiger partial charge is 0.270 e. The van der Waals surface area contributed by atoms with Crippen molar-refractivity contribution in [1.82, 2.24) is 0 Å². The Kier molecular flexibility index (Phi) is 5.28. The molecule has 10 heteroatoms. The molecule has 1 aliphatic rings. The van der Waals surface area contributed by atoms with E-state index < -0.39 is 20.9 Å². The number of nitro groups is 1. The topological polar surface area (TPSA) is 133 Å². The van der Waals surface area contributed by atoms with Crippen LogP contribution in [0.15, 0.2) is 42.5 Å². The van der Waals surface area contributed by atoms with Gasteiger partial charge in [0.2, 0.25) is 10.0 Å². The lowest BCUT2D eigenvalue weighted by atomic mass is 10.1.